The van der Waals surface area contributed by atoms with Crippen molar-refractivity contribution in [3.63, 3.8) is 0 Å². The molecule has 5 rings (SSSR count). The quantitative estimate of drug-likeness (QED) is 0.0727. The van der Waals surface area contributed by atoms with Gasteiger partial charge in [0.2, 0.25) is 0 Å². The van der Waals surface area contributed by atoms with Gasteiger partial charge in [0.15, 0.2) is 5.78 Å². The average molecular weight is 895 g/mol. The van der Waals surface area contributed by atoms with Gasteiger partial charge in [-0.1, -0.05) is 111 Å². The minimum Gasteiger partial charge on any atom is -0.512 e. The van der Waals surface area contributed by atoms with Crippen molar-refractivity contribution in [1.82, 2.24) is 4.98 Å². The van der Waals surface area contributed by atoms with Gasteiger partial charge in [0.1, 0.15) is 17.1 Å². The SMILES string of the molecule is CCC(C)(CC)C(=O)/C=C(\O)C(C)(CC)CC.CCC(C)(CC)c1cc(-c2nc3cc(C)cc(C)c3c3oc(CC(C)C)cc23)[c-]c2ccccc12.[Ir]. The minimum atomic E-state index is -0.337. The van der Waals surface area contributed by atoms with Crippen molar-refractivity contribution in [3.8, 4) is 11.3 Å². The summed E-state index contributed by atoms with van der Waals surface area (Å²) in [4.78, 5) is 17.5. The fourth-order valence-corrected chi connectivity index (χ4v) is 7.19. The molecule has 5 aromatic rings. The molecule has 3 aromatic carbocycles. The van der Waals surface area contributed by atoms with Crippen LogP contribution >= 0.6 is 0 Å². The van der Waals surface area contributed by atoms with Gasteiger partial charge in [-0.15, -0.1) is 29.1 Å². The third kappa shape index (κ3) is 9.17. The molecule has 0 aliphatic carbocycles. The molecular formula is C48H64IrNO3-. The molecule has 0 aliphatic rings. The zero-order valence-electron chi connectivity index (χ0n) is 34.8. The molecule has 1 radical (unpaired) electrons. The molecule has 1 N–H and O–H groups in total. The van der Waals surface area contributed by atoms with Crippen LogP contribution < -0.4 is 0 Å². The molecule has 2 aromatic heterocycles. The molecule has 0 unspecified atom stereocenters. The molecule has 5 heteroatoms. The number of benzene rings is 3. The van der Waals surface area contributed by atoms with Crippen molar-refractivity contribution in [1.29, 1.82) is 0 Å². The third-order valence-corrected chi connectivity index (χ3v) is 12.4. The zero-order chi connectivity index (χ0) is 38.6. The molecule has 0 saturated heterocycles. The van der Waals surface area contributed by atoms with Crippen LogP contribution in [0.25, 0.3) is 43.9 Å². The Morgan fingerprint density at radius 1 is 0.849 bits per heavy atom. The first-order valence-corrected chi connectivity index (χ1v) is 19.8. The average Bonchev–Trinajstić information content (AvgIpc) is 3.55. The number of nitrogens with zero attached hydrogens (tertiary/aromatic N) is 1. The van der Waals surface area contributed by atoms with E-state index in [0.717, 1.165) is 89.2 Å². The van der Waals surface area contributed by atoms with E-state index in [2.05, 4.69) is 103 Å². The van der Waals surface area contributed by atoms with Gasteiger partial charge in [0.05, 0.1) is 5.52 Å². The van der Waals surface area contributed by atoms with E-state index in [4.69, 9.17) is 9.40 Å². The van der Waals surface area contributed by atoms with E-state index in [9.17, 15) is 9.90 Å². The van der Waals surface area contributed by atoms with E-state index >= 15 is 0 Å². The van der Waals surface area contributed by atoms with Gasteiger partial charge in [-0.3, -0.25) is 9.78 Å². The molecular weight excluding hydrogens is 831 g/mol. The maximum atomic E-state index is 12.2. The summed E-state index contributed by atoms with van der Waals surface area (Å²) >= 11 is 0. The first-order valence-electron chi connectivity index (χ1n) is 19.8. The number of pyridine rings is 1. The van der Waals surface area contributed by atoms with Crippen molar-refractivity contribution >= 4 is 38.4 Å². The monoisotopic (exact) mass is 895 g/mol. The number of carbonyl (C=O) groups excluding carboxylic acids is 1. The van der Waals surface area contributed by atoms with E-state index in [1.807, 2.05) is 41.5 Å². The summed E-state index contributed by atoms with van der Waals surface area (Å²) in [7, 11) is 0. The normalized spacial score (nSPS) is 12.7. The van der Waals surface area contributed by atoms with E-state index in [-0.39, 0.29) is 47.9 Å². The molecule has 53 heavy (non-hydrogen) atoms. The summed E-state index contributed by atoms with van der Waals surface area (Å²) < 4.78 is 6.55. The van der Waals surface area contributed by atoms with Crippen LogP contribution in [-0.4, -0.2) is 15.9 Å². The number of aliphatic hydroxyl groups is 1. The van der Waals surface area contributed by atoms with Gasteiger partial charge in [-0.05, 0) is 87.0 Å². The number of hydrogen-bond acceptors (Lipinski definition) is 4. The van der Waals surface area contributed by atoms with Gasteiger partial charge in [0, 0.05) is 59.9 Å². The summed E-state index contributed by atoms with van der Waals surface area (Å²) in [5.74, 6) is 1.84. The molecule has 0 fully saturated rings. The van der Waals surface area contributed by atoms with Crippen LogP contribution in [0, 0.1) is 36.7 Å². The maximum Gasteiger partial charge on any atom is 0.164 e. The van der Waals surface area contributed by atoms with Crippen molar-refractivity contribution in [3.05, 3.63) is 88.9 Å². The number of fused-ring (bicyclic) bond motifs is 4. The molecule has 0 atom stereocenters. The Labute approximate surface area is 333 Å². The summed E-state index contributed by atoms with van der Waals surface area (Å²) in [6.07, 6.45) is 7.83. The molecule has 0 amide bonds. The predicted octanol–water partition coefficient (Wildman–Crippen LogP) is 14.1. The van der Waals surface area contributed by atoms with E-state index < -0.39 is 0 Å². The number of aromatic nitrogens is 1. The van der Waals surface area contributed by atoms with Crippen molar-refractivity contribution in [2.24, 2.45) is 16.7 Å². The Morgan fingerprint density at radius 2 is 1.45 bits per heavy atom. The second-order valence-corrected chi connectivity index (χ2v) is 16.3. The standard InChI is InChI=1S/C33H36NO.C15H28O2.Ir/c1-8-33(7,9-2)28-18-24(17-23-12-10-11-13-26(23)28)31-27-19-25(14-20(3)4)35-32(27)30-22(6)15-21(5)16-29(30)34-31;1-7-14(5,8-2)12(16)11-13(17)15(6,9-3)10-4;/h10-13,15-16,18-20H,8-9,14H2,1-7H3;11,16H,7-10H2,1-6H3;/q-1;;/b;12-11-;. The number of allylic oxidation sites excluding steroid dienone is 2. The predicted molar refractivity (Wildman–Crippen MR) is 222 cm³/mol. The molecule has 4 nitrogen and oxygen atoms in total. The van der Waals surface area contributed by atoms with Gasteiger partial charge < -0.3 is 9.52 Å². The molecule has 0 bridgehead atoms. The molecule has 0 spiro atoms. The number of ketones is 1. The number of furan rings is 1. The van der Waals surface area contributed by atoms with Crippen LogP contribution in [0.15, 0.2) is 64.8 Å². The number of carbonyl (C=O) groups is 1. The third-order valence-electron chi connectivity index (χ3n) is 12.4. The molecule has 2 heterocycles. The van der Waals surface area contributed by atoms with Crippen LogP contribution in [0.1, 0.15) is 137 Å². The Morgan fingerprint density at radius 3 is 2.02 bits per heavy atom. The summed E-state index contributed by atoms with van der Waals surface area (Å²) in [6.45, 7) is 27.8. The Kier molecular flexibility index (Phi) is 14.9. The topological polar surface area (TPSA) is 63.3 Å². The summed E-state index contributed by atoms with van der Waals surface area (Å²) in [6, 6.07) is 21.4. The minimum absolute atomic E-state index is 0. The van der Waals surface area contributed by atoms with Crippen molar-refractivity contribution < 1.29 is 34.4 Å². The van der Waals surface area contributed by atoms with Crippen LogP contribution in [0.4, 0.5) is 0 Å². The van der Waals surface area contributed by atoms with Crippen LogP contribution in [0.3, 0.4) is 0 Å². The van der Waals surface area contributed by atoms with Crippen molar-refractivity contribution in [2.45, 2.75) is 140 Å². The zero-order valence-corrected chi connectivity index (χ0v) is 37.2. The second-order valence-electron chi connectivity index (χ2n) is 16.3. The van der Waals surface area contributed by atoms with Gasteiger partial charge in [-0.2, -0.15) is 0 Å². The maximum absolute atomic E-state index is 12.2. The van der Waals surface area contributed by atoms with Crippen LogP contribution in [0.5, 0.6) is 0 Å². The first-order chi connectivity index (χ1) is 24.5. The molecule has 0 saturated carbocycles. The smallest absolute Gasteiger partial charge is 0.164 e. The van der Waals surface area contributed by atoms with Gasteiger partial charge >= 0.3 is 0 Å². The first kappa shape index (κ1) is 44.1. The van der Waals surface area contributed by atoms with Crippen LogP contribution in [0.2, 0.25) is 0 Å². The van der Waals surface area contributed by atoms with E-state index in [1.54, 1.807) is 0 Å². The largest absolute Gasteiger partial charge is 0.512 e. The van der Waals surface area contributed by atoms with E-state index in [0.29, 0.717) is 5.92 Å². The Balaban J connectivity index is 0.000000359. The van der Waals surface area contributed by atoms with Gasteiger partial charge in [-0.25, -0.2) is 0 Å². The number of aryl methyl sites for hydroxylation is 2. The van der Waals surface area contributed by atoms with Gasteiger partial charge in [0.25, 0.3) is 0 Å². The van der Waals surface area contributed by atoms with Crippen LogP contribution in [-0.2, 0) is 36.7 Å². The number of aliphatic hydroxyl groups excluding tert-OH is 1. The molecule has 0 aliphatic heterocycles. The number of hydrogen-bond donors (Lipinski definition) is 1. The van der Waals surface area contributed by atoms with E-state index in [1.165, 1.54) is 28.2 Å². The Hall–Kier alpha value is -3.27. The Bertz CT molecular complexity index is 2050. The summed E-state index contributed by atoms with van der Waals surface area (Å²) in [5.41, 5.74) is 7.26. The fourth-order valence-electron chi connectivity index (χ4n) is 7.19. The van der Waals surface area contributed by atoms with Crippen molar-refractivity contribution in [2.75, 3.05) is 0 Å². The number of rotatable bonds is 13. The summed E-state index contributed by atoms with van der Waals surface area (Å²) in [5, 5.41) is 14.8. The second kappa shape index (κ2) is 17.9. The fraction of sp³-hybridized carbons (Fsp3) is 0.500. The molecule has 289 valence electrons.